The Morgan fingerprint density at radius 2 is 1.93 bits per heavy atom. The lowest BCUT2D eigenvalue weighted by molar-refractivity contribution is 0.0446. The van der Waals surface area contributed by atoms with Crippen LogP contribution >= 0.6 is 0 Å². The quantitative estimate of drug-likeness (QED) is 0.471. The van der Waals surface area contributed by atoms with Gasteiger partial charge in [0.15, 0.2) is 12.4 Å². The summed E-state index contributed by atoms with van der Waals surface area (Å²) in [7, 11) is -3.39. The van der Waals surface area contributed by atoms with Gasteiger partial charge < -0.3 is 9.15 Å². The van der Waals surface area contributed by atoms with Crippen molar-refractivity contribution >= 4 is 38.4 Å². The molecular weight excluding hydrogens is 394 g/mol. The lowest BCUT2D eigenvalue weighted by Crippen LogP contribution is -2.34. The van der Waals surface area contributed by atoms with E-state index in [1.807, 2.05) is 19.1 Å². The molecule has 0 radical (unpaired) electrons. The molecule has 2 heterocycles. The Labute approximate surface area is 167 Å². The molecule has 0 saturated carbocycles. The largest absolute Gasteiger partial charge is 0.451 e. The van der Waals surface area contributed by atoms with Gasteiger partial charge in [-0.05, 0) is 49.2 Å². The summed E-state index contributed by atoms with van der Waals surface area (Å²) >= 11 is 0. The number of nitrogens with zero attached hydrogens (tertiary/aromatic N) is 1. The molecule has 0 saturated heterocycles. The maximum absolute atomic E-state index is 12.5. The second kappa shape index (κ2) is 7.04. The van der Waals surface area contributed by atoms with Crippen molar-refractivity contribution in [3.05, 3.63) is 65.4 Å². The first-order chi connectivity index (χ1) is 13.7. The second-order valence-corrected chi connectivity index (χ2v) is 8.96. The van der Waals surface area contributed by atoms with Gasteiger partial charge in [0.2, 0.25) is 15.8 Å². The van der Waals surface area contributed by atoms with Crippen molar-refractivity contribution in [2.45, 2.75) is 19.4 Å². The van der Waals surface area contributed by atoms with E-state index in [0.29, 0.717) is 23.3 Å². The van der Waals surface area contributed by atoms with Gasteiger partial charge in [0.05, 0.1) is 11.9 Å². The van der Waals surface area contributed by atoms with Crippen molar-refractivity contribution in [3.63, 3.8) is 0 Å². The Morgan fingerprint density at radius 1 is 1.17 bits per heavy atom. The third kappa shape index (κ3) is 3.63. The number of furan rings is 1. The van der Waals surface area contributed by atoms with Gasteiger partial charge in [0, 0.05) is 17.0 Å². The lowest BCUT2D eigenvalue weighted by Gasteiger charge is -2.21. The van der Waals surface area contributed by atoms with E-state index >= 15 is 0 Å². The normalized spacial score (nSPS) is 16.1. The highest BCUT2D eigenvalue weighted by Gasteiger charge is 2.32. The molecule has 150 valence electrons. The Morgan fingerprint density at radius 3 is 2.66 bits per heavy atom. The van der Waals surface area contributed by atoms with Crippen LogP contribution in [0.2, 0.25) is 0 Å². The summed E-state index contributed by atoms with van der Waals surface area (Å²) in [5.41, 5.74) is 2.28. The van der Waals surface area contributed by atoms with Crippen LogP contribution in [-0.2, 0) is 21.2 Å². The van der Waals surface area contributed by atoms with E-state index in [1.54, 1.807) is 36.4 Å². The SMILES string of the molecule is C[C@H]1Cc2cc(C(=O)COC(=O)c3cc4ccccc4o3)ccc2N1S(C)(=O)=O. The molecule has 0 amide bonds. The van der Waals surface area contributed by atoms with Gasteiger partial charge in [-0.3, -0.25) is 9.10 Å². The number of rotatable bonds is 5. The van der Waals surface area contributed by atoms with E-state index in [4.69, 9.17) is 9.15 Å². The Bertz CT molecular complexity index is 1190. The molecule has 0 fully saturated rings. The molecule has 0 bridgehead atoms. The fourth-order valence-corrected chi connectivity index (χ4v) is 4.91. The number of para-hydroxylation sites is 1. The second-order valence-electron chi connectivity index (χ2n) is 7.10. The molecule has 0 aliphatic carbocycles. The van der Waals surface area contributed by atoms with Crippen LogP contribution in [0.3, 0.4) is 0 Å². The fraction of sp³-hybridized carbons (Fsp3) is 0.238. The number of ketones is 1. The molecule has 0 N–H and O–H groups in total. The minimum atomic E-state index is -3.39. The number of Topliss-reactive ketones (excluding diaryl/α,β-unsaturated/α-hetero) is 1. The van der Waals surface area contributed by atoms with Gasteiger partial charge in [0.25, 0.3) is 0 Å². The molecule has 0 spiro atoms. The molecule has 1 aliphatic heterocycles. The highest BCUT2D eigenvalue weighted by atomic mass is 32.2. The predicted molar refractivity (Wildman–Crippen MR) is 108 cm³/mol. The number of benzene rings is 2. The van der Waals surface area contributed by atoms with Gasteiger partial charge >= 0.3 is 5.97 Å². The fourth-order valence-electron chi connectivity index (χ4n) is 3.65. The van der Waals surface area contributed by atoms with E-state index in [-0.39, 0.29) is 17.6 Å². The van der Waals surface area contributed by atoms with E-state index in [1.165, 1.54) is 4.31 Å². The molecule has 3 aromatic rings. The molecule has 8 heteroatoms. The summed E-state index contributed by atoms with van der Waals surface area (Å²) < 4.78 is 35.9. The Balaban J connectivity index is 1.47. The molecule has 1 aliphatic rings. The number of sulfonamides is 1. The molecule has 2 aromatic carbocycles. The molecular formula is C21H19NO6S. The van der Waals surface area contributed by atoms with Gasteiger partial charge in [-0.2, -0.15) is 0 Å². The van der Waals surface area contributed by atoms with Crippen molar-refractivity contribution in [2.75, 3.05) is 17.2 Å². The number of fused-ring (bicyclic) bond motifs is 2. The zero-order chi connectivity index (χ0) is 20.8. The van der Waals surface area contributed by atoms with E-state index in [9.17, 15) is 18.0 Å². The number of esters is 1. The van der Waals surface area contributed by atoms with Gasteiger partial charge in [-0.25, -0.2) is 13.2 Å². The van der Waals surface area contributed by atoms with Crippen LogP contribution in [0.25, 0.3) is 11.0 Å². The topological polar surface area (TPSA) is 93.9 Å². The van der Waals surface area contributed by atoms with Gasteiger partial charge in [-0.15, -0.1) is 0 Å². The van der Waals surface area contributed by atoms with Crippen molar-refractivity contribution in [2.24, 2.45) is 0 Å². The van der Waals surface area contributed by atoms with Crippen molar-refractivity contribution in [3.8, 4) is 0 Å². The smallest absolute Gasteiger partial charge is 0.374 e. The monoisotopic (exact) mass is 413 g/mol. The Hall–Kier alpha value is -3.13. The number of hydrogen-bond donors (Lipinski definition) is 0. The number of hydrogen-bond acceptors (Lipinski definition) is 6. The summed E-state index contributed by atoms with van der Waals surface area (Å²) in [5, 5.41) is 0.772. The third-order valence-electron chi connectivity index (χ3n) is 4.87. The van der Waals surface area contributed by atoms with Crippen LogP contribution < -0.4 is 4.31 Å². The van der Waals surface area contributed by atoms with Crippen molar-refractivity contribution < 1.29 is 27.2 Å². The standard InChI is InChI=1S/C21H19NO6S/c1-13-9-16-10-14(7-8-17(16)22(13)29(2,25)26)18(23)12-27-21(24)20-11-15-5-3-4-6-19(15)28-20/h3-8,10-11,13H,9,12H2,1-2H3/t13-/m0/s1. The van der Waals surface area contributed by atoms with Crippen LogP contribution in [0.15, 0.2) is 52.9 Å². The average Bonchev–Trinajstić information content (AvgIpc) is 3.24. The summed E-state index contributed by atoms with van der Waals surface area (Å²) in [6, 6.07) is 13.4. The Kier molecular flexibility index (Phi) is 4.66. The number of ether oxygens (including phenoxy) is 1. The number of carbonyl (C=O) groups is 2. The maximum atomic E-state index is 12.5. The molecule has 1 aromatic heterocycles. The van der Waals surface area contributed by atoms with Crippen molar-refractivity contribution in [1.82, 2.24) is 0 Å². The summed E-state index contributed by atoms with van der Waals surface area (Å²) in [6.45, 7) is 1.39. The summed E-state index contributed by atoms with van der Waals surface area (Å²) in [5.74, 6) is -1.05. The minimum absolute atomic E-state index is 0.0329. The van der Waals surface area contributed by atoms with E-state index in [0.717, 1.165) is 17.2 Å². The van der Waals surface area contributed by atoms with Crippen LogP contribution in [0, 0.1) is 0 Å². The molecule has 1 atom stereocenters. The predicted octanol–water partition coefficient (Wildman–Crippen LogP) is 3.18. The van der Waals surface area contributed by atoms with Crippen LogP contribution in [0.4, 0.5) is 5.69 Å². The molecule has 4 rings (SSSR count). The van der Waals surface area contributed by atoms with Crippen LogP contribution in [0.5, 0.6) is 0 Å². The van der Waals surface area contributed by atoms with E-state index in [2.05, 4.69) is 0 Å². The first kappa shape index (κ1) is 19.2. The first-order valence-corrected chi connectivity index (χ1v) is 10.9. The zero-order valence-corrected chi connectivity index (χ0v) is 16.7. The summed E-state index contributed by atoms with van der Waals surface area (Å²) in [6.07, 6.45) is 1.68. The highest BCUT2D eigenvalue weighted by Crippen LogP contribution is 2.34. The molecule has 29 heavy (non-hydrogen) atoms. The highest BCUT2D eigenvalue weighted by molar-refractivity contribution is 7.92. The van der Waals surface area contributed by atoms with Crippen molar-refractivity contribution in [1.29, 1.82) is 0 Å². The lowest BCUT2D eigenvalue weighted by atomic mass is 10.0. The third-order valence-corrected chi connectivity index (χ3v) is 6.14. The molecule has 0 unspecified atom stereocenters. The number of carbonyl (C=O) groups excluding carboxylic acids is 2. The zero-order valence-electron chi connectivity index (χ0n) is 15.9. The van der Waals surface area contributed by atoms with Gasteiger partial charge in [-0.1, -0.05) is 18.2 Å². The van der Waals surface area contributed by atoms with Crippen LogP contribution in [0.1, 0.15) is 33.4 Å². The average molecular weight is 413 g/mol. The van der Waals surface area contributed by atoms with E-state index < -0.39 is 22.6 Å². The molecule has 7 nitrogen and oxygen atoms in total. The maximum Gasteiger partial charge on any atom is 0.374 e. The number of anilines is 1. The van der Waals surface area contributed by atoms with Crippen LogP contribution in [-0.4, -0.2) is 39.1 Å². The summed E-state index contributed by atoms with van der Waals surface area (Å²) in [4.78, 5) is 24.7. The first-order valence-electron chi connectivity index (χ1n) is 9.05. The van der Waals surface area contributed by atoms with Gasteiger partial charge in [0.1, 0.15) is 5.58 Å². The minimum Gasteiger partial charge on any atom is -0.451 e.